The van der Waals surface area contributed by atoms with Gasteiger partial charge in [-0.05, 0) is 52.9 Å². The van der Waals surface area contributed by atoms with Crippen LogP contribution in [0.2, 0.25) is 0 Å². The average molecular weight is 389 g/mol. The van der Waals surface area contributed by atoms with Gasteiger partial charge < -0.3 is 5.32 Å². The molecule has 1 saturated carbocycles. The summed E-state index contributed by atoms with van der Waals surface area (Å²) >= 11 is 6.80. The number of benzene rings is 1. The molecule has 2 rings (SSSR count). The maximum absolute atomic E-state index is 12.1. The number of carbonyl (C=O) groups excluding carboxylic acids is 1. The minimum atomic E-state index is -0.000373. The van der Waals surface area contributed by atoms with Gasteiger partial charge in [0.2, 0.25) is 0 Å². The Bertz CT molecular complexity index is 442. The zero-order valence-electron chi connectivity index (χ0n) is 10.9. The number of hydrogen-bond acceptors (Lipinski definition) is 1. The lowest BCUT2D eigenvalue weighted by Crippen LogP contribution is -2.25. The molecule has 2 nitrogen and oxygen atoms in total. The first-order valence-electron chi connectivity index (χ1n) is 6.90. The maximum atomic E-state index is 12.1. The second-order valence-electron chi connectivity index (χ2n) is 5.17. The van der Waals surface area contributed by atoms with Gasteiger partial charge in [0.15, 0.2) is 0 Å². The molecule has 1 aliphatic carbocycles. The smallest absolute Gasteiger partial charge is 0.252 e. The Hall–Kier alpha value is -0.350. The highest BCUT2D eigenvalue weighted by Gasteiger charge is 2.14. The Labute approximate surface area is 131 Å². The third-order valence-corrected chi connectivity index (χ3v) is 4.91. The Morgan fingerprint density at radius 3 is 2.74 bits per heavy atom. The van der Waals surface area contributed by atoms with Gasteiger partial charge in [-0.25, -0.2) is 0 Å². The van der Waals surface area contributed by atoms with Gasteiger partial charge in [-0.2, -0.15) is 0 Å². The van der Waals surface area contributed by atoms with Gasteiger partial charge in [-0.15, -0.1) is 0 Å². The molecule has 0 bridgehead atoms. The van der Waals surface area contributed by atoms with E-state index in [4.69, 9.17) is 0 Å². The van der Waals surface area contributed by atoms with E-state index >= 15 is 0 Å². The molecule has 0 spiro atoms. The molecule has 1 aliphatic rings. The highest BCUT2D eigenvalue weighted by Crippen LogP contribution is 2.28. The topological polar surface area (TPSA) is 29.1 Å². The van der Waals surface area contributed by atoms with Crippen LogP contribution in [0, 0.1) is 5.92 Å². The summed E-state index contributed by atoms with van der Waals surface area (Å²) in [6, 6.07) is 5.65. The molecule has 19 heavy (non-hydrogen) atoms. The summed E-state index contributed by atoms with van der Waals surface area (Å²) < 4.78 is 1.76. The lowest BCUT2D eigenvalue weighted by atomic mass is 10.0. The first-order chi connectivity index (χ1) is 9.16. The van der Waals surface area contributed by atoms with Gasteiger partial charge in [0.05, 0.1) is 5.56 Å². The van der Waals surface area contributed by atoms with Crippen molar-refractivity contribution in [2.45, 2.75) is 38.5 Å². The SMILES string of the molecule is O=C(NCCCC1CCCC1)c1cc(Br)ccc1Br. The average Bonchev–Trinajstić information content (AvgIpc) is 2.90. The Balaban J connectivity index is 1.75. The quantitative estimate of drug-likeness (QED) is 0.713. The van der Waals surface area contributed by atoms with Crippen molar-refractivity contribution in [1.82, 2.24) is 5.32 Å². The van der Waals surface area contributed by atoms with Gasteiger partial charge in [-0.3, -0.25) is 4.79 Å². The van der Waals surface area contributed by atoms with Crippen molar-refractivity contribution in [2.75, 3.05) is 6.54 Å². The van der Waals surface area contributed by atoms with Gasteiger partial charge in [0, 0.05) is 15.5 Å². The van der Waals surface area contributed by atoms with Crippen LogP contribution in [0.5, 0.6) is 0 Å². The molecule has 1 aromatic rings. The van der Waals surface area contributed by atoms with Crippen LogP contribution < -0.4 is 5.32 Å². The van der Waals surface area contributed by atoms with Crippen LogP contribution in [0.3, 0.4) is 0 Å². The lowest BCUT2D eigenvalue weighted by Gasteiger charge is -2.10. The number of amides is 1. The van der Waals surface area contributed by atoms with Gasteiger partial charge in [0.25, 0.3) is 5.91 Å². The Kier molecular flexibility index (Phi) is 5.89. The molecular weight excluding hydrogens is 370 g/mol. The predicted octanol–water partition coefficient (Wildman–Crippen LogP) is 4.91. The van der Waals surface area contributed by atoms with E-state index in [1.165, 1.54) is 32.1 Å². The van der Waals surface area contributed by atoms with Crippen molar-refractivity contribution in [3.8, 4) is 0 Å². The molecule has 0 aliphatic heterocycles. The molecule has 1 aromatic carbocycles. The highest BCUT2D eigenvalue weighted by molar-refractivity contribution is 9.11. The molecular formula is C15H19Br2NO. The molecule has 0 atom stereocenters. The van der Waals surface area contributed by atoms with E-state index < -0.39 is 0 Å². The van der Waals surface area contributed by atoms with Crippen LogP contribution in [-0.2, 0) is 0 Å². The van der Waals surface area contributed by atoms with E-state index in [0.717, 1.165) is 27.8 Å². The Morgan fingerprint density at radius 1 is 1.26 bits per heavy atom. The van der Waals surface area contributed by atoms with E-state index in [-0.39, 0.29) is 5.91 Å². The second kappa shape index (κ2) is 7.44. The molecule has 104 valence electrons. The first kappa shape index (κ1) is 15.0. The zero-order chi connectivity index (χ0) is 13.7. The van der Waals surface area contributed by atoms with Crippen molar-refractivity contribution >= 4 is 37.8 Å². The molecule has 0 heterocycles. The normalized spacial score (nSPS) is 15.7. The van der Waals surface area contributed by atoms with E-state index in [1.807, 2.05) is 18.2 Å². The lowest BCUT2D eigenvalue weighted by molar-refractivity contribution is 0.0951. The van der Waals surface area contributed by atoms with E-state index in [9.17, 15) is 4.79 Å². The number of carbonyl (C=O) groups is 1. The summed E-state index contributed by atoms with van der Waals surface area (Å²) in [5.74, 6) is 0.897. The monoisotopic (exact) mass is 387 g/mol. The molecule has 1 amide bonds. The maximum Gasteiger partial charge on any atom is 0.252 e. The molecule has 0 aromatic heterocycles. The minimum Gasteiger partial charge on any atom is -0.352 e. The summed E-state index contributed by atoms with van der Waals surface area (Å²) in [5.41, 5.74) is 0.690. The van der Waals surface area contributed by atoms with E-state index in [2.05, 4.69) is 37.2 Å². The summed E-state index contributed by atoms with van der Waals surface area (Å²) in [6.45, 7) is 0.772. The summed E-state index contributed by atoms with van der Waals surface area (Å²) in [4.78, 5) is 12.1. The van der Waals surface area contributed by atoms with Gasteiger partial charge >= 0.3 is 0 Å². The van der Waals surface area contributed by atoms with Crippen molar-refractivity contribution in [3.05, 3.63) is 32.7 Å². The fourth-order valence-corrected chi connectivity index (χ4v) is 3.45. The Morgan fingerprint density at radius 2 is 2.00 bits per heavy atom. The second-order valence-corrected chi connectivity index (χ2v) is 6.94. The number of nitrogens with one attached hydrogen (secondary N) is 1. The molecule has 1 N–H and O–H groups in total. The summed E-state index contributed by atoms with van der Waals surface area (Å²) in [7, 11) is 0. The summed E-state index contributed by atoms with van der Waals surface area (Å²) in [6.07, 6.45) is 7.88. The fourth-order valence-electron chi connectivity index (χ4n) is 2.66. The van der Waals surface area contributed by atoms with Gasteiger partial charge in [0.1, 0.15) is 0 Å². The van der Waals surface area contributed by atoms with Crippen LogP contribution in [0.25, 0.3) is 0 Å². The minimum absolute atomic E-state index is 0.000373. The highest BCUT2D eigenvalue weighted by atomic mass is 79.9. The number of halogens is 2. The molecule has 4 heteroatoms. The van der Waals surface area contributed by atoms with Crippen molar-refractivity contribution < 1.29 is 4.79 Å². The third-order valence-electron chi connectivity index (χ3n) is 3.72. The molecule has 0 saturated heterocycles. The standard InChI is InChI=1S/C15H19Br2NO/c16-12-7-8-14(17)13(10-12)15(19)18-9-3-6-11-4-1-2-5-11/h7-8,10-11H,1-6,9H2,(H,18,19). The number of rotatable bonds is 5. The zero-order valence-corrected chi connectivity index (χ0v) is 14.1. The van der Waals surface area contributed by atoms with E-state index in [1.54, 1.807) is 0 Å². The van der Waals surface area contributed by atoms with Crippen molar-refractivity contribution in [2.24, 2.45) is 5.92 Å². The largest absolute Gasteiger partial charge is 0.352 e. The molecule has 0 radical (unpaired) electrons. The first-order valence-corrected chi connectivity index (χ1v) is 8.48. The van der Waals surface area contributed by atoms with Crippen LogP contribution >= 0.6 is 31.9 Å². The van der Waals surface area contributed by atoms with Crippen LogP contribution in [0.1, 0.15) is 48.9 Å². The van der Waals surface area contributed by atoms with E-state index in [0.29, 0.717) is 5.56 Å². The van der Waals surface area contributed by atoms with Crippen LogP contribution in [0.15, 0.2) is 27.1 Å². The predicted molar refractivity (Wildman–Crippen MR) is 85.4 cm³/mol. The van der Waals surface area contributed by atoms with Crippen LogP contribution in [-0.4, -0.2) is 12.5 Å². The summed E-state index contributed by atoms with van der Waals surface area (Å²) in [5, 5.41) is 3.00. The van der Waals surface area contributed by atoms with Crippen molar-refractivity contribution in [1.29, 1.82) is 0 Å². The fraction of sp³-hybridized carbons (Fsp3) is 0.533. The van der Waals surface area contributed by atoms with Crippen molar-refractivity contribution in [3.63, 3.8) is 0 Å². The number of hydrogen-bond donors (Lipinski definition) is 1. The molecule has 0 unspecified atom stereocenters. The third kappa shape index (κ3) is 4.60. The van der Waals surface area contributed by atoms with Crippen LogP contribution in [0.4, 0.5) is 0 Å². The van der Waals surface area contributed by atoms with Gasteiger partial charge in [-0.1, -0.05) is 41.6 Å². The molecule has 1 fully saturated rings.